The molecule has 2 amide bonds. The van der Waals surface area contributed by atoms with Crippen LogP contribution in [0.15, 0.2) is 60.7 Å². The van der Waals surface area contributed by atoms with Crippen LogP contribution in [-0.4, -0.2) is 45.2 Å². The molecule has 0 saturated carbocycles. The van der Waals surface area contributed by atoms with Crippen LogP contribution >= 0.6 is 0 Å². The summed E-state index contributed by atoms with van der Waals surface area (Å²) in [5.74, 6) is 0.889. The summed E-state index contributed by atoms with van der Waals surface area (Å²) in [6, 6.07) is 18.0. The maximum Gasteiger partial charge on any atom is 0.256 e. The lowest BCUT2D eigenvalue weighted by atomic mass is 10.0. The predicted octanol–water partition coefficient (Wildman–Crippen LogP) is 4.85. The lowest BCUT2D eigenvalue weighted by molar-refractivity contribution is 0.0960. The summed E-state index contributed by atoms with van der Waals surface area (Å²) < 4.78 is 16.4. The summed E-state index contributed by atoms with van der Waals surface area (Å²) in [5, 5.41) is 6.29. The van der Waals surface area contributed by atoms with Crippen LogP contribution in [0.25, 0.3) is 22.2 Å². The first-order valence-corrected chi connectivity index (χ1v) is 11.2. The number of benzene rings is 3. The second kappa shape index (κ2) is 10.4. The van der Waals surface area contributed by atoms with Gasteiger partial charge in [-0.25, -0.2) is 4.98 Å². The Hall–Kier alpha value is -4.59. The molecule has 0 spiro atoms. The van der Waals surface area contributed by atoms with Crippen molar-refractivity contribution in [3.8, 4) is 28.5 Å². The topological polar surface area (TPSA) is 98.8 Å². The van der Waals surface area contributed by atoms with Crippen molar-refractivity contribution in [2.24, 2.45) is 0 Å². The molecule has 0 fully saturated rings. The van der Waals surface area contributed by atoms with Crippen LogP contribution in [0.5, 0.6) is 17.2 Å². The summed E-state index contributed by atoms with van der Waals surface area (Å²) in [6.45, 7) is 1.80. The van der Waals surface area contributed by atoms with Gasteiger partial charge in [-0.2, -0.15) is 0 Å². The van der Waals surface area contributed by atoms with E-state index in [1.165, 1.54) is 7.11 Å². The van der Waals surface area contributed by atoms with E-state index in [2.05, 4.69) is 10.6 Å². The van der Waals surface area contributed by atoms with Gasteiger partial charge >= 0.3 is 0 Å². The number of hydrogen-bond acceptors (Lipinski definition) is 6. The molecule has 1 aromatic heterocycles. The van der Waals surface area contributed by atoms with Gasteiger partial charge in [0.15, 0.2) is 11.5 Å². The molecule has 1 heterocycles. The molecular weight excluding hydrogens is 458 g/mol. The highest BCUT2D eigenvalue weighted by Crippen LogP contribution is 2.41. The van der Waals surface area contributed by atoms with E-state index in [1.54, 1.807) is 64.6 Å². The largest absolute Gasteiger partial charge is 0.493 e. The van der Waals surface area contributed by atoms with Crippen LogP contribution < -0.4 is 24.8 Å². The number of carbonyl (C=O) groups excluding carboxylic acids is 2. The van der Waals surface area contributed by atoms with Gasteiger partial charge in [-0.3, -0.25) is 9.59 Å². The van der Waals surface area contributed by atoms with Gasteiger partial charge in [-0.1, -0.05) is 24.3 Å². The summed E-state index contributed by atoms with van der Waals surface area (Å²) in [7, 11) is 6.20. The Bertz CT molecular complexity index is 1440. The zero-order chi connectivity index (χ0) is 25.8. The van der Waals surface area contributed by atoms with Crippen LogP contribution in [0.3, 0.4) is 0 Å². The Balaban J connectivity index is 1.83. The van der Waals surface area contributed by atoms with Crippen molar-refractivity contribution < 1.29 is 23.8 Å². The molecule has 2 N–H and O–H groups in total. The fraction of sp³-hybridized carbons (Fsp3) is 0.179. The maximum atomic E-state index is 13.6. The molecule has 8 heteroatoms. The second-order valence-corrected chi connectivity index (χ2v) is 8.00. The Morgan fingerprint density at radius 1 is 0.806 bits per heavy atom. The molecule has 0 atom stereocenters. The lowest BCUT2D eigenvalue weighted by Crippen LogP contribution is -2.20. The van der Waals surface area contributed by atoms with Gasteiger partial charge in [0.2, 0.25) is 5.75 Å². The van der Waals surface area contributed by atoms with Crippen molar-refractivity contribution in [2.45, 2.75) is 6.92 Å². The first-order valence-electron chi connectivity index (χ1n) is 11.2. The fourth-order valence-corrected chi connectivity index (χ4v) is 4.08. The Morgan fingerprint density at radius 2 is 1.50 bits per heavy atom. The van der Waals surface area contributed by atoms with Gasteiger partial charge in [0.1, 0.15) is 0 Å². The van der Waals surface area contributed by atoms with E-state index in [9.17, 15) is 9.59 Å². The maximum absolute atomic E-state index is 13.6. The molecule has 0 radical (unpaired) electrons. The molecule has 184 valence electrons. The number of nitrogens with zero attached hydrogens (tertiary/aromatic N) is 1. The van der Waals surface area contributed by atoms with E-state index < -0.39 is 0 Å². The number of pyridine rings is 1. The third-order valence-corrected chi connectivity index (χ3v) is 5.97. The van der Waals surface area contributed by atoms with Crippen molar-refractivity contribution in [2.75, 3.05) is 33.7 Å². The predicted molar refractivity (Wildman–Crippen MR) is 139 cm³/mol. The van der Waals surface area contributed by atoms with Crippen LogP contribution in [0, 0.1) is 6.92 Å². The highest BCUT2D eigenvalue weighted by molar-refractivity contribution is 6.13. The van der Waals surface area contributed by atoms with E-state index in [4.69, 9.17) is 19.2 Å². The second-order valence-electron chi connectivity index (χ2n) is 8.00. The number of para-hydroxylation sites is 1. The number of nitrogens with one attached hydrogen (secondary N) is 2. The normalized spacial score (nSPS) is 10.6. The molecule has 4 aromatic rings. The van der Waals surface area contributed by atoms with E-state index in [0.717, 1.165) is 0 Å². The molecule has 3 aromatic carbocycles. The molecule has 0 bridgehead atoms. The number of hydrogen-bond donors (Lipinski definition) is 2. The van der Waals surface area contributed by atoms with E-state index in [0.29, 0.717) is 61.8 Å². The third kappa shape index (κ3) is 4.53. The minimum atomic E-state index is -0.320. The number of rotatable bonds is 7. The Kier molecular flexibility index (Phi) is 7.05. The van der Waals surface area contributed by atoms with Gasteiger partial charge in [0, 0.05) is 29.2 Å². The van der Waals surface area contributed by atoms with Crippen molar-refractivity contribution in [1.82, 2.24) is 10.3 Å². The third-order valence-electron chi connectivity index (χ3n) is 5.97. The molecule has 0 aliphatic rings. The van der Waals surface area contributed by atoms with Crippen molar-refractivity contribution in [1.29, 1.82) is 0 Å². The van der Waals surface area contributed by atoms with Crippen LogP contribution in [0.4, 0.5) is 5.69 Å². The number of aromatic nitrogens is 1. The minimum absolute atomic E-state index is 0.220. The smallest absolute Gasteiger partial charge is 0.256 e. The number of methoxy groups -OCH3 is 3. The van der Waals surface area contributed by atoms with Gasteiger partial charge in [-0.05, 0) is 48.9 Å². The summed E-state index contributed by atoms with van der Waals surface area (Å²) in [4.78, 5) is 30.5. The molecular formula is C28H27N3O5. The quantitative estimate of drug-likeness (QED) is 0.388. The number of amides is 2. The zero-order valence-corrected chi connectivity index (χ0v) is 20.8. The van der Waals surface area contributed by atoms with Crippen molar-refractivity contribution in [3.05, 3.63) is 77.4 Å². The highest BCUT2D eigenvalue weighted by Gasteiger charge is 2.19. The van der Waals surface area contributed by atoms with Crippen LogP contribution in [0.1, 0.15) is 26.3 Å². The van der Waals surface area contributed by atoms with Crippen LogP contribution in [-0.2, 0) is 0 Å². The van der Waals surface area contributed by atoms with Gasteiger partial charge in [-0.15, -0.1) is 0 Å². The standard InChI is InChI=1S/C28H27N3O5/c1-16-18(27(32)29-2)10-8-12-21(16)31-28(33)20-15-23(30-22-11-7-6-9-19(20)22)17-13-24(34-3)26(36-5)25(14-17)35-4/h6-15H,1-5H3,(H,29,32)(H,31,33). The molecule has 4 rings (SSSR count). The lowest BCUT2D eigenvalue weighted by Gasteiger charge is -2.16. The molecule has 0 aliphatic heterocycles. The molecule has 0 saturated heterocycles. The Morgan fingerprint density at radius 3 is 2.14 bits per heavy atom. The van der Waals surface area contributed by atoms with Gasteiger partial charge in [0.25, 0.3) is 11.8 Å². The summed E-state index contributed by atoms with van der Waals surface area (Å²) in [6.07, 6.45) is 0. The molecule has 8 nitrogen and oxygen atoms in total. The molecule has 0 aliphatic carbocycles. The first kappa shape index (κ1) is 24.5. The monoisotopic (exact) mass is 485 g/mol. The number of fused-ring (bicyclic) bond motifs is 1. The fourth-order valence-electron chi connectivity index (χ4n) is 4.08. The number of ether oxygens (including phenoxy) is 3. The van der Waals surface area contributed by atoms with Crippen molar-refractivity contribution in [3.63, 3.8) is 0 Å². The Labute approximate surface area is 209 Å². The minimum Gasteiger partial charge on any atom is -0.493 e. The summed E-state index contributed by atoms with van der Waals surface area (Å²) in [5.41, 5.74) is 4.08. The van der Waals surface area contributed by atoms with Gasteiger partial charge in [0.05, 0.1) is 38.1 Å². The number of carbonyl (C=O) groups is 2. The van der Waals surface area contributed by atoms with Gasteiger partial charge < -0.3 is 24.8 Å². The van der Waals surface area contributed by atoms with Crippen LogP contribution in [0.2, 0.25) is 0 Å². The zero-order valence-electron chi connectivity index (χ0n) is 20.8. The average molecular weight is 486 g/mol. The van der Waals surface area contributed by atoms with E-state index in [-0.39, 0.29) is 11.8 Å². The average Bonchev–Trinajstić information content (AvgIpc) is 2.92. The van der Waals surface area contributed by atoms with E-state index in [1.807, 2.05) is 24.3 Å². The molecule has 36 heavy (non-hydrogen) atoms. The summed E-state index contributed by atoms with van der Waals surface area (Å²) >= 11 is 0. The SMILES string of the molecule is CNC(=O)c1cccc(NC(=O)c2cc(-c3cc(OC)c(OC)c(OC)c3)nc3ccccc23)c1C. The molecule has 0 unspecified atom stereocenters. The number of anilines is 1. The highest BCUT2D eigenvalue weighted by atomic mass is 16.5. The van der Waals surface area contributed by atoms with E-state index >= 15 is 0 Å². The first-order chi connectivity index (χ1) is 17.4. The van der Waals surface area contributed by atoms with Crippen molar-refractivity contribution >= 4 is 28.4 Å².